The molecule has 4 unspecified atom stereocenters. The molecule has 4 atom stereocenters. The average Bonchev–Trinajstić information content (AvgIpc) is 2.18. The van der Waals surface area contributed by atoms with Gasteiger partial charge in [0, 0.05) is 20.6 Å². The maximum atomic E-state index is 9.55. The molecule has 0 saturated carbocycles. The molecular formula is C9H18O5. The summed E-state index contributed by atoms with van der Waals surface area (Å²) in [6.45, 7) is 2.22. The van der Waals surface area contributed by atoms with Crippen molar-refractivity contribution in [2.45, 2.75) is 38.1 Å². The van der Waals surface area contributed by atoms with Crippen LogP contribution in [0.1, 0.15) is 13.3 Å². The molecule has 1 N–H and O–H groups in total. The fourth-order valence-corrected chi connectivity index (χ4v) is 1.41. The van der Waals surface area contributed by atoms with E-state index in [0.29, 0.717) is 13.0 Å². The van der Waals surface area contributed by atoms with Crippen LogP contribution in [-0.4, -0.2) is 50.7 Å². The van der Waals surface area contributed by atoms with Gasteiger partial charge in [-0.2, -0.15) is 0 Å². The molecule has 1 aliphatic rings. The van der Waals surface area contributed by atoms with Crippen LogP contribution in [0.5, 0.6) is 0 Å². The fourth-order valence-electron chi connectivity index (χ4n) is 1.41. The van der Waals surface area contributed by atoms with E-state index in [1.54, 1.807) is 14.0 Å². The van der Waals surface area contributed by atoms with Crippen molar-refractivity contribution >= 4 is 0 Å². The molecule has 0 aromatic heterocycles. The molecule has 1 rings (SSSR count). The van der Waals surface area contributed by atoms with Gasteiger partial charge in [0.15, 0.2) is 12.6 Å². The third-order valence-corrected chi connectivity index (χ3v) is 2.21. The highest BCUT2D eigenvalue weighted by molar-refractivity contribution is 4.73. The van der Waals surface area contributed by atoms with Crippen molar-refractivity contribution in [1.82, 2.24) is 0 Å². The Morgan fingerprint density at radius 3 is 2.64 bits per heavy atom. The maximum absolute atomic E-state index is 9.55. The molecule has 0 radical (unpaired) electrons. The predicted molar refractivity (Wildman–Crippen MR) is 48.7 cm³/mol. The monoisotopic (exact) mass is 206 g/mol. The van der Waals surface area contributed by atoms with Gasteiger partial charge in [-0.1, -0.05) is 0 Å². The van der Waals surface area contributed by atoms with Crippen LogP contribution in [-0.2, 0) is 18.9 Å². The summed E-state index contributed by atoms with van der Waals surface area (Å²) in [7, 11) is 3.08. The Labute approximate surface area is 83.9 Å². The minimum absolute atomic E-state index is 0.133. The second-order valence-electron chi connectivity index (χ2n) is 3.30. The Kier molecular flexibility index (Phi) is 4.77. The molecule has 0 amide bonds. The van der Waals surface area contributed by atoms with Gasteiger partial charge in [0.1, 0.15) is 6.10 Å². The van der Waals surface area contributed by atoms with Crippen LogP contribution < -0.4 is 0 Å². The van der Waals surface area contributed by atoms with E-state index in [1.807, 2.05) is 0 Å². The first-order valence-corrected chi connectivity index (χ1v) is 4.68. The van der Waals surface area contributed by atoms with Crippen LogP contribution in [0.3, 0.4) is 0 Å². The third kappa shape index (κ3) is 3.18. The molecule has 1 heterocycles. The van der Waals surface area contributed by atoms with Crippen molar-refractivity contribution in [3.05, 3.63) is 0 Å². The van der Waals surface area contributed by atoms with E-state index in [9.17, 15) is 5.11 Å². The van der Waals surface area contributed by atoms with Crippen molar-refractivity contribution in [3.63, 3.8) is 0 Å². The number of methoxy groups -OCH3 is 2. The van der Waals surface area contributed by atoms with Gasteiger partial charge in [-0.05, 0) is 6.92 Å². The number of hydrogen-bond donors (Lipinski definition) is 1. The SMILES string of the molecule is COC(C)OC1COC(OC)C(O)C1. The van der Waals surface area contributed by atoms with Gasteiger partial charge in [-0.15, -0.1) is 0 Å². The van der Waals surface area contributed by atoms with E-state index in [0.717, 1.165) is 0 Å². The second kappa shape index (κ2) is 5.63. The number of ether oxygens (including phenoxy) is 4. The topological polar surface area (TPSA) is 57.2 Å². The Bertz CT molecular complexity index is 163. The van der Waals surface area contributed by atoms with Crippen molar-refractivity contribution in [3.8, 4) is 0 Å². The minimum atomic E-state index is -0.636. The van der Waals surface area contributed by atoms with Gasteiger partial charge in [-0.3, -0.25) is 0 Å². The molecule has 14 heavy (non-hydrogen) atoms. The molecule has 0 bridgehead atoms. The zero-order chi connectivity index (χ0) is 10.6. The van der Waals surface area contributed by atoms with Gasteiger partial charge in [0.05, 0.1) is 12.7 Å². The summed E-state index contributed by atoms with van der Waals surface area (Å²) in [4.78, 5) is 0. The van der Waals surface area contributed by atoms with Crippen LogP contribution in [0.2, 0.25) is 0 Å². The van der Waals surface area contributed by atoms with Crippen molar-refractivity contribution in [1.29, 1.82) is 0 Å². The van der Waals surface area contributed by atoms with Gasteiger partial charge in [0.2, 0.25) is 0 Å². The van der Waals surface area contributed by atoms with Crippen molar-refractivity contribution in [2.75, 3.05) is 20.8 Å². The Morgan fingerprint density at radius 2 is 2.14 bits per heavy atom. The first-order valence-electron chi connectivity index (χ1n) is 4.68. The van der Waals surface area contributed by atoms with Gasteiger partial charge >= 0.3 is 0 Å². The Morgan fingerprint density at radius 1 is 1.43 bits per heavy atom. The van der Waals surface area contributed by atoms with Crippen LogP contribution in [0.25, 0.3) is 0 Å². The zero-order valence-electron chi connectivity index (χ0n) is 8.80. The number of aliphatic hydroxyl groups is 1. The number of hydrogen-bond acceptors (Lipinski definition) is 5. The fraction of sp³-hybridized carbons (Fsp3) is 1.00. The molecule has 1 saturated heterocycles. The van der Waals surface area contributed by atoms with Crippen molar-refractivity contribution in [2.24, 2.45) is 0 Å². The molecule has 1 aliphatic heterocycles. The highest BCUT2D eigenvalue weighted by Crippen LogP contribution is 2.18. The summed E-state index contributed by atoms with van der Waals surface area (Å²) in [6.07, 6.45) is -1.08. The lowest BCUT2D eigenvalue weighted by Crippen LogP contribution is -2.44. The smallest absolute Gasteiger partial charge is 0.183 e. The number of aliphatic hydroxyl groups excluding tert-OH is 1. The van der Waals surface area contributed by atoms with E-state index < -0.39 is 12.4 Å². The van der Waals surface area contributed by atoms with E-state index in [1.165, 1.54) is 7.11 Å². The number of rotatable bonds is 4. The average molecular weight is 206 g/mol. The summed E-state index contributed by atoms with van der Waals surface area (Å²) in [5.41, 5.74) is 0. The molecule has 0 aromatic rings. The molecule has 5 heteroatoms. The lowest BCUT2D eigenvalue weighted by Gasteiger charge is -2.33. The second-order valence-corrected chi connectivity index (χ2v) is 3.30. The van der Waals surface area contributed by atoms with Gasteiger partial charge in [0.25, 0.3) is 0 Å². The quantitative estimate of drug-likeness (QED) is 0.662. The van der Waals surface area contributed by atoms with E-state index in [-0.39, 0.29) is 12.4 Å². The summed E-state index contributed by atoms with van der Waals surface area (Å²) in [5, 5.41) is 9.55. The first-order chi connectivity index (χ1) is 6.67. The molecule has 5 nitrogen and oxygen atoms in total. The normalized spacial score (nSPS) is 35.6. The first kappa shape index (κ1) is 11.9. The summed E-state index contributed by atoms with van der Waals surface area (Å²) < 4.78 is 20.6. The maximum Gasteiger partial charge on any atom is 0.183 e. The lowest BCUT2D eigenvalue weighted by atomic mass is 10.1. The predicted octanol–water partition coefficient (Wildman–Crippen LogP) is 0.118. The molecule has 0 spiro atoms. The van der Waals surface area contributed by atoms with E-state index in [2.05, 4.69) is 0 Å². The molecular weight excluding hydrogens is 188 g/mol. The molecule has 1 fully saturated rings. The van der Waals surface area contributed by atoms with E-state index >= 15 is 0 Å². The third-order valence-electron chi connectivity index (χ3n) is 2.21. The highest BCUT2D eigenvalue weighted by Gasteiger charge is 2.31. The Hall–Kier alpha value is -0.200. The van der Waals surface area contributed by atoms with Crippen LogP contribution in [0.15, 0.2) is 0 Å². The summed E-state index contributed by atoms with van der Waals surface area (Å²) >= 11 is 0. The largest absolute Gasteiger partial charge is 0.388 e. The van der Waals surface area contributed by atoms with Crippen molar-refractivity contribution < 1.29 is 24.1 Å². The molecule has 84 valence electrons. The van der Waals surface area contributed by atoms with Crippen LogP contribution in [0.4, 0.5) is 0 Å². The summed E-state index contributed by atoms with van der Waals surface area (Å²) in [5.74, 6) is 0. The van der Waals surface area contributed by atoms with Gasteiger partial charge < -0.3 is 24.1 Å². The van der Waals surface area contributed by atoms with Gasteiger partial charge in [-0.25, -0.2) is 0 Å². The highest BCUT2D eigenvalue weighted by atomic mass is 16.7. The van der Waals surface area contributed by atoms with Crippen LogP contribution >= 0.6 is 0 Å². The zero-order valence-corrected chi connectivity index (χ0v) is 8.80. The van der Waals surface area contributed by atoms with E-state index in [4.69, 9.17) is 18.9 Å². The standard InChI is InChI=1S/C9H18O5/c1-6(11-2)14-7-4-8(10)9(12-3)13-5-7/h6-10H,4-5H2,1-3H3. The van der Waals surface area contributed by atoms with Crippen LogP contribution in [0, 0.1) is 0 Å². The summed E-state index contributed by atoms with van der Waals surface area (Å²) in [6, 6.07) is 0. The lowest BCUT2D eigenvalue weighted by molar-refractivity contribution is -0.253. The minimum Gasteiger partial charge on any atom is -0.388 e. The molecule has 0 aliphatic carbocycles. The molecule has 0 aromatic carbocycles. The Balaban J connectivity index is 2.31.